The zero-order valence-corrected chi connectivity index (χ0v) is 13.7. The molecule has 3 heteroatoms. The Morgan fingerprint density at radius 3 is 2.65 bits per heavy atom. The smallest absolute Gasteiger partial charge is 0.121 e. The van der Waals surface area contributed by atoms with Gasteiger partial charge >= 0.3 is 0 Å². The second-order valence-electron chi connectivity index (χ2n) is 5.60. The van der Waals surface area contributed by atoms with Crippen LogP contribution in [0.4, 0.5) is 0 Å². The quantitative estimate of drug-likeness (QED) is 0.693. The Hall–Kier alpha value is -0.730. The molecule has 1 aromatic carbocycles. The van der Waals surface area contributed by atoms with Crippen LogP contribution in [0.3, 0.4) is 0 Å². The molecule has 114 valence electrons. The second kappa shape index (κ2) is 9.25. The minimum Gasteiger partial charge on any atom is -0.489 e. The zero-order chi connectivity index (χ0) is 15.0. The molecule has 0 fully saturated rings. The first-order valence-corrected chi connectivity index (χ1v) is 8.12. The van der Waals surface area contributed by atoms with Crippen molar-refractivity contribution in [2.75, 3.05) is 0 Å². The lowest BCUT2D eigenvalue weighted by molar-refractivity contribution is 0.171. The van der Waals surface area contributed by atoms with E-state index in [-0.39, 0.29) is 12.1 Å². The van der Waals surface area contributed by atoms with E-state index in [9.17, 15) is 0 Å². The summed E-state index contributed by atoms with van der Waals surface area (Å²) in [5.41, 5.74) is 6.29. The van der Waals surface area contributed by atoms with Crippen molar-refractivity contribution in [1.82, 2.24) is 0 Å². The van der Waals surface area contributed by atoms with Gasteiger partial charge in [-0.1, -0.05) is 57.2 Å². The molecule has 0 aliphatic carbocycles. The molecule has 0 aliphatic heterocycles. The van der Waals surface area contributed by atoms with Crippen molar-refractivity contribution in [3.05, 3.63) is 29.3 Å². The highest BCUT2D eigenvalue weighted by atomic mass is 35.5. The van der Waals surface area contributed by atoms with E-state index in [0.29, 0.717) is 10.9 Å². The topological polar surface area (TPSA) is 35.2 Å². The van der Waals surface area contributed by atoms with Crippen LogP contribution in [-0.4, -0.2) is 12.1 Å². The molecule has 20 heavy (non-hydrogen) atoms. The van der Waals surface area contributed by atoms with Crippen molar-refractivity contribution in [2.24, 2.45) is 11.7 Å². The lowest BCUT2D eigenvalue weighted by atomic mass is 9.91. The third-order valence-corrected chi connectivity index (χ3v) is 4.10. The minimum absolute atomic E-state index is 0.00384. The van der Waals surface area contributed by atoms with Crippen molar-refractivity contribution < 1.29 is 4.74 Å². The van der Waals surface area contributed by atoms with Crippen LogP contribution in [-0.2, 0) is 0 Å². The van der Waals surface area contributed by atoms with E-state index in [1.54, 1.807) is 0 Å². The minimum atomic E-state index is 0.00384. The van der Waals surface area contributed by atoms with Gasteiger partial charge in [-0.2, -0.15) is 0 Å². The number of benzene rings is 1. The third kappa shape index (κ3) is 6.15. The highest BCUT2D eigenvalue weighted by Gasteiger charge is 2.18. The lowest BCUT2D eigenvalue weighted by Crippen LogP contribution is -2.38. The molecule has 3 unspecified atom stereocenters. The van der Waals surface area contributed by atoms with E-state index in [1.807, 2.05) is 31.2 Å². The molecule has 0 bridgehead atoms. The summed E-state index contributed by atoms with van der Waals surface area (Å²) in [7, 11) is 0. The first kappa shape index (κ1) is 17.3. The molecule has 3 atom stereocenters. The highest BCUT2D eigenvalue weighted by Crippen LogP contribution is 2.22. The Balaban J connectivity index is 2.47. The van der Waals surface area contributed by atoms with Gasteiger partial charge in [0.25, 0.3) is 0 Å². The summed E-state index contributed by atoms with van der Waals surface area (Å²) in [5.74, 6) is 1.50. The molecule has 1 aromatic rings. The van der Waals surface area contributed by atoms with Crippen molar-refractivity contribution in [2.45, 2.75) is 65.0 Å². The number of hydrogen-bond donors (Lipinski definition) is 1. The third-order valence-electron chi connectivity index (χ3n) is 3.87. The van der Waals surface area contributed by atoms with Crippen LogP contribution < -0.4 is 10.5 Å². The summed E-state index contributed by atoms with van der Waals surface area (Å²) in [4.78, 5) is 0. The number of halogens is 1. The maximum Gasteiger partial charge on any atom is 0.121 e. The second-order valence-corrected chi connectivity index (χ2v) is 6.03. The van der Waals surface area contributed by atoms with Crippen molar-refractivity contribution in [1.29, 1.82) is 0 Å². The Morgan fingerprint density at radius 1 is 1.30 bits per heavy atom. The predicted molar refractivity (Wildman–Crippen MR) is 87.4 cm³/mol. The monoisotopic (exact) mass is 297 g/mol. The number of nitrogens with two attached hydrogens (primary N) is 1. The lowest BCUT2D eigenvalue weighted by Gasteiger charge is -2.25. The van der Waals surface area contributed by atoms with Gasteiger partial charge in [0.2, 0.25) is 0 Å². The molecule has 0 saturated carbocycles. The van der Waals surface area contributed by atoms with Crippen LogP contribution in [0.1, 0.15) is 52.9 Å². The maximum atomic E-state index is 6.29. The van der Waals surface area contributed by atoms with E-state index in [1.165, 1.54) is 25.7 Å². The fraction of sp³-hybridized carbons (Fsp3) is 0.647. The van der Waals surface area contributed by atoms with Crippen molar-refractivity contribution >= 4 is 11.6 Å². The van der Waals surface area contributed by atoms with Crippen molar-refractivity contribution in [3.63, 3.8) is 0 Å². The zero-order valence-electron chi connectivity index (χ0n) is 12.9. The van der Waals surface area contributed by atoms with Gasteiger partial charge in [0.15, 0.2) is 0 Å². The summed E-state index contributed by atoms with van der Waals surface area (Å²) >= 11 is 5.96. The Morgan fingerprint density at radius 2 is 2.05 bits per heavy atom. The molecule has 0 amide bonds. The number of ether oxygens (including phenoxy) is 1. The van der Waals surface area contributed by atoms with E-state index in [2.05, 4.69) is 13.8 Å². The summed E-state index contributed by atoms with van der Waals surface area (Å²) in [5, 5.41) is 0.692. The van der Waals surface area contributed by atoms with Gasteiger partial charge in [-0.15, -0.1) is 0 Å². The predicted octanol–water partition coefficient (Wildman–Crippen LogP) is 5.04. The molecular formula is C17H28ClNO. The van der Waals surface area contributed by atoms with Crippen LogP contribution in [0.5, 0.6) is 5.75 Å². The standard InChI is InChI=1S/C17H28ClNO/c1-4-6-8-14(5-2)11-17(19)13(3)20-16-10-7-9-15(18)12-16/h7,9-10,12-14,17H,4-6,8,11,19H2,1-3H3. The Bertz CT molecular complexity index is 383. The summed E-state index contributed by atoms with van der Waals surface area (Å²) < 4.78 is 5.90. The Kier molecular flexibility index (Phi) is 8.01. The highest BCUT2D eigenvalue weighted by molar-refractivity contribution is 6.30. The summed E-state index contributed by atoms with van der Waals surface area (Å²) in [6, 6.07) is 7.56. The molecule has 1 rings (SSSR count). The van der Waals surface area contributed by atoms with Crippen LogP contribution in [0, 0.1) is 5.92 Å². The molecule has 0 radical (unpaired) electrons. The van der Waals surface area contributed by atoms with Gasteiger partial charge in [-0.05, 0) is 37.5 Å². The van der Waals surface area contributed by atoms with Gasteiger partial charge in [0.05, 0.1) is 0 Å². The van der Waals surface area contributed by atoms with Crippen LogP contribution in [0.2, 0.25) is 5.02 Å². The number of unbranched alkanes of at least 4 members (excludes halogenated alkanes) is 1. The summed E-state index contributed by atoms with van der Waals surface area (Å²) in [6.07, 6.45) is 6.03. The van der Waals surface area contributed by atoms with Crippen LogP contribution in [0.25, 0.3) is 0 Å². The van der Waals surface area contributed by atoms with E-state index in [0.717, 1.165) is 12.2 Å². The van der Waals surface area contributed by atoms with E-state index in [4.69, 9.17) is 22.1 Å². The first-order chi connectivity index (χ1) is 9.56. The largest absolute Gasteiger partial charge is 0.489 e. The van der Waals surface area contributed by atoms with Gasteiger partial charge < -0.3 is 10.5 Å². The van der Waals surface area contributed by atoms with Gasteiger partial charge in [0, 0.05) is 11.1 Å². The molecule has 0 aliphatic rings. The number of rotatable bonds is 9. The van der Waals surface area contributed by atoms with E-state index >= 15 is 0 Å². The van der Waals surface area contributed by atoms with Crippen LogP contribution >= 0.6 is 11.6 Å². The van der Waals surface area contributed by atoms with Gasteiger partial charge in [0.1, 0.15) is 11.9 Å². The average molecular weight is 298 g/mol. The van der Waals surface area contributed by atoms with Crippen LogP contribution in [0.15, 0.2) is 24.3 Å². The fourth-order valence-electron chi connectivity index (χ4n) is 2.40. The molecule has 0 spiro atoms. The molecule has 0 saturated heterocycles. The van der Waals surface area contributed by atoms with E-state index < -0.39 is 0 Å². The van der Waals surface area contributed by atoms with Gasteiger partial charge in [-0.25, -0.2) is 0 Å². The van der Waals surface area contributed by atoms with Gasteiger partial charge in [-0.3, -0.25) is 0 Å². The number of hydrogen-bond acceptors (Lipinski definition) is 2. The maximum absolute atomic E-state index is 6.29. The molecule has 0 heterocycles. The Labute approximate surface area is 128 Å². The normalized spacial score (nSPS) is 15.7. The van der Waals surface area contributed by atoms with Crippen molar-refractivity contribution in [3.8, 4) is 5.75 Å². The summed E-state index contributed by atoms with van der Waals surface area (Å²) in [6.45, 7) is 6.52. The fourth-order valence-corrected chi connectivity index (χ4v) is 2.58. The SMILES string of the molecule is CCCCC(CC)CC(N)C(C)Oc1cccc(Cl)c1. The molecule has 2 nitrogen and oxygen atoms in total. The molecular weight excluding hydrogens is 270 g/mol. The molecule has 2 N–H and O–H groups in total. The average Bonchev–Trinajstić information content (AvgIpc) is 2.43. The molecule has 0 aromatic heterocycles. The first-order valence-electron chi connectivity index (χ1n) is 7.74.